The zero-order chi connectivity index (χ0) is 25.7. The molecule has 2 amide bonds. The van der Waals surface area contributed by atoms with E-state index in [2.05, 4.69) is 51.6 Å². The van der Waals surface area contributed by atoms with E-state index in [9.17, 15) is 9.59 Å². The van der Waals surface area contributed by atoms with Crippen LogP contribution in [0.3, 0.4) is 0 Å². The van der Waals surface area contributed by atoms with E-state index in [1.807, 2.05) is 11.8 Å². The summed E-state index contributed by atoms with van der Waals surface area (Å²) >= 11 is 0. The second-order valence-electron chi connectivity index (χ2n) is 11.7. The molecule has 7 nitrogen and oxygen atoms in total. The Labute approximate surface area is 220 Å². The molecule has 0 saturated carbocycles. The lowest BCUT2D eigenvalue weighted by Crippen LogP contribution is -2.47. The monoisotopic (exact) mass is 503 g/mol. The molecule has 37 heavy (non-hydrogen) atoms. The quantitative estimate of drug-likeness (QED) is 0.621. The fourth-order valence-electron chi connectivity index (χ4n) is 7.88. The number of rotatable bonds is 5. The molecule has 0 radical (unpaired) electrons. The van der Waals surface area contributed by atoms with Crippen molar-refractivity contribution in [2.75, 3.05) is 26.2 Å². The maximum atomic E-state index is 12.6. The van der Waals surface area contributed by atoms with Crippen molar-refractivity contribution in [3.05, 3.63) is 53.1 Å². The molecule has 3 fully saturated rings. The van der Waals surface area contributed by atoms with Crippen LogP contribution in [0.2, 0.25) is 0 Å². The highest BCUT2D eigenvalue weighted by molar-refractivity contribution is 5.76. The number of fused-ring (bicyclic) bond motifs is 3. The van der Waals surface area contributed by atoms with E-state index in [-0.39, 0.29) is 11.8 Å². The van der Waals surface area contributed by atoms with Crippen molar-refractivity contribution in [2.45, 2.75) is 89.9 Å². The first-order valence-electron chi connectivity index (χ1n) is 14.3. The molecular formula is C30H41N5O2. The van der Waals surface area contributed by atoms with Gasteiger partial charge in [0.2, 0.25) is 11.8 Å². The summed E-state index contributed by atoms with van der Waals surface area (Å²) in [6, 6.07) is 12.6. The molecule has 0 aliphatic carbocycles. The Morgan fingerprint density at radius 3 is 2.41 bits per heavy atom. The standard InChI is InChI=1S/C30H41N5O2/c1-4-30(37)33-16-23(27(18-33)22-8-6-5-7-9-22)17-34-24-10-11-25(34)15-26(14-24)35-20(2)31-28-19-32(21(3)36)13-12-29(28)35/h5-9,23-27H,4,10-19H2,1-3H3/t23-,24+,25+,27-/m1/s1. The molecule has 2 aromatic rings. The first kappa shape index (κ1) is 24.7. The van der Waals surface area contributed by atoms with Gasteiger partial charge in [0.15, 0.2) is 0 Å². The van der Waals surface area contributed by atoms with Crippen LogP contribution in [-0.2, 0) is 22.6 Å². The van der Waals surface area contributed by atoms with Crippen molar-refractivity contribution in [1.82, 2.24) is 24.3 Å². The second-order valence-corrected chi connectivity index (χ2v) is 11.7. The number of hydrogen-bond donors (Lipinski definition) is 0. The molecule has 0 N–H and O–H groups in total. The Morgan fingerprint density at radius 1 is 1.00 bits per heavy atom. The Bertz CT molecular complexity index is 1150. The van der Waals surface area contributed by atoms with Crippen molar-refractivity contribution in [3.63, 3.8) is 0 Å². The minimum atomic E-state index is 0.143. The topological polar surface area (TPSA) is 61.7 Å². The van der Waals surface area contributed by atoms with E-state index < -0.39 is 0 Å². The summed E-state index contributed by atoms with van der Waals surface area (Å²) in [6.45, 7) is 10.1. The van der Waals surface area contributed by atoms with Crippen molar-refractivity contribution < 1.29 is 9.59 Å². The van der Waals surface area contributed by atoms with Gasteiger partial charge in [-0.2, -0.15) is 0 Å². The van der Waals surface area contributed by atoms with Gasteiger partial charge in [-0.1, -0.05) is 37.3 Å². The molecule has 5 heterocycles. The lowest BCUT2D eigenvalue weighted by Gasteiger charge is -2.42. The SMILES string of the molecule is CCC(=O)N1C[C@H](CN2[C@H]3CC[C@H]2CC(n2c(C)nc4c2CCN(C(C)=O)C4)C3)[C@@H](c2ccccc2)C1. The first-order valence-corrected chi connectivity index (χ1v) is 14.3. The van der Waals surface area contributed by atoms with E-state index in [1.54, 1.807) is 6.92 Å². The minimum Gasteiger partial charge on any atom is -0.342 e. The smallest absolute Gasteiger partial charge is 0.222 e. The number of benzene rings is 1. The highest BCUT2D eigenvalue weighted by Crippen LogP contribution is 2.44. The van der Waals surface area contributed by atoms with Crippen LogP contribution >= 0.6 is 0 Å². The number of imidazole rings is 1. The van der Waals surface area contributed by atoms with E-state index in [0.717, 1.165) is 44.1 Å². The van der Waals surface area contributed by atoms with Crippen molar-refractivity contribution in [3.8, 4) is 0 Å². The summed E-state index contributed by atoms with van der Waals surface area (Å²) < 4.78 is 2.54. The third-order valence-electron chi connectivity index (χ3n) is 9.67. The number of amides is 2. The highest BCUT2D eigenvalue weighted by atomic mass is 16.2. The zero-order valence-electron chi connectivity index (χ0n) is 22.6. The second kappa shape index (κ2) is 9.90. The minimum absolute atomic E-state index is 0.143. The number of aryl methyl sites for hydroxylation is 1. The van der Waals surface area contributed by atoms with Gasteiger partial charge in [0.25, 0.3) is 0 Å². The number of aromatic nitrogens is 2. The third kappa shape index (κ3) is 4.49. The van der Waals surface area contributed by atoms with E-state index >= 15 is 0 Å². The molecule has 1 aromatic carbocycles. The summed E-state index contributed by atoms with van der Waals surface area (Å²) in [5.41, 5.74) is 3.84. The van der Waals surface area contributed by atoms with Gasteiger partial charge in [-0.15, -0.1) is 0 Å². The van der Waals surface area contributed by atoms with Crippen molar-refractivity contribution >= 4 is 11.8 Å². The summed E-state index contributed by atoms with van der Waals surface area (Å²) in [5.74, 6) is 2.44. The molecular weight excluding hydrogens is 462 g/mol. The van der Waals surface area contributed by atoms with E-state index in [4.69, 9.17) is 4.98 Å². The van der Waals surface area contributed by atoms with Gasteiger partial charge in [0.05, 0.1) is 12.2 Å². The van der Waals surface area contributed by atoms with Gasteiger partial charge in [-0.25, -0.2) is 4.98 Å². The Morgan fingerprint density at radius 2 is 1.73 bits per heavy atom. The third-order valence-corrected chi connectivity index (χ3v) is 9.67. The molecule has 1 aromatic heterocycles. The normalized spacial score (nSPS) is 29.5. The average molecular weight is 504 g/mol. The predicted molar refractivity (Wildman–Crippen MR) is 143 cm³/mol. The van der Waals surface area contributed by atoms with Gasteiger partial charge >= 0.3 is 0 Å². The number of carbonyl (C=O) groups is 2. The predicted octanol–water partition coefficient (Wildman–Crippen LogP) is 3.92. The molecule has 0 spiro atoms. The highest BCUT2D eigenvalue weighted by Gasteiger charge is 2.45. The van der Waals surface area contributed by atoms with Crippen LogP contribution in [0.25, 0.3) is 0 Å². The number of carbonyl (C=O) groups excluding carboxylic acids is 2. The Hall–Kier alpha value is -2.67. The molecule has 6 rings (SSSR count). The van der Waals surface area contributed by atoms with Crippen LogP contribution in [-0.4, -0.2) is 74.3 Å². The molecule has 4 atom stereocenters. The molecule has 7 heteroatoms. The van der Waals surface area contributed by atoms with Crippen LogP contribution in [0.4, 0.5) is 0 Å². The summed E-state index contributed by atoms with van der Waals surface area (Å²) in [6.07, 6.45) is 6.40. The maximum Gasteiger partial charge on any atom is 0.222 e. The lowest BCUT2D eigenvalue weighted by atomic mass is 9.87. The molecule has 4 aliphatic heterocycles. The number of nitrogens with zero attached hydrogens (tertiary/aromatic N) is 5. The summed E-state index contributed by atoms with van der Waals surface area (Å²) in [7, 11) is 0. The van der Waals surface area contributed by atoms with Crippen molar-refractivity contribution in [2.24, 2.45) is 5.92 Å². The van der Waals surface area contributed by atoms with Gasteiger partial charge in [0.1, 0.15) is 5.82 Å². The summed E-state index contributed by atoms with van der Waals surface area (Å²) in [5, 5.41) is 0. The fourth-order valence-corrected chi connectivity index (χ4v) is 7.88. The van der Waals surface area contributed by atoms with Crippen LogP contribution in [0.5, 0.6) is 0 Å². The fraction of sp³-hybridized carbons (Fsp3) is 0.633. The average Bonchev–Trinajstić information content (AvgIpc) is 3.54. The van der Waals surface area contributed by atoms with Crippen LogP contribution < -0.4 is 0 Å². The molecule has 3 saturated heterocycles. The van der Waals surface area contributed by atoms with E-state index in [0.29, 0.717) is 42.9 Å². The van der Waals surface area contributed by atoms with Gasteiger partial charge in [-0.3, -0.25) is 14.5 Å². The lowest BCUT2D eigenvalue weighted by molar-refractivity contribution is -0.130. The van der Waals surface area contributed by atoms with Crippen LogP contribution in [0, 0.1) is 12.8 Å². The summed E-state index contributed by atoms with van der Waals surface area (Å²) in [4.78, 5) is 36.3. The Balaban J connectivity index is 1.19. The van der Waals surface area contributed by atoms with Crippen LogP contribution in [0.1, 0.15) is 80.7 Å². The number of likely N-dealkylation sites (tertiary alicyclic amines) is 1. The molecule has 4 aliphatic rings. The largest absolute Gasteiger partial charge is 0.342 e. The van der Waals surface area contributed by atoms with Gasteiger partial charge < -0.3 is 14.4 Å². The van der Waals surface area contributed by atoms with Gasteiger partial charge in [0, 0.05) is 75.7 Å². The number of hydrogen-bond acceptors (Lipinski definition) is 4. The molecule has 198 valence electrons. The van der Waals surface area contributed by atoms with E-state index in [1.165, 1.54) is 36.9 Å². The van der Waals surface area contributed by atoms with Crippen molar-refractivity contribution in [1.29, 1.82) is 0 Å². The number of piperidine rings is 1. The van der Waals surface area contributed by atoms with Gasteiger partial charge in [-0.05, 0) is 44.1 Å². The molecule has 2 bridgehead atoms. The molecule has 0 unspecified atom stereocenters. The first-order chi connectivity index (χ1) is 17.9. The zero-order valence-corrected chi connectivity index (χ0v) is 22.6. The Kier molecular flexibility index (Phi) is 6.59. The maximum absolute atomic E-state index is 12.6. The van der Waals surface area contributed by atoms with Crippen LogP contribution in [0.15, 0.2) is 30.3 Å².